The second kappa shape index (κ2) is 16.3. The number of nitrogens with zero attached hydrogens (tertiary/aromatic N) is 4. The molecule has 4 N–H and O–H groups in total. The Morgan fingerprint density at radius 3 is 1.94 bits per heavy atom. The van der Waals surface area contributed by atoms with Gasteiger partial charge in [-0.25, -0.2) is 0 Å². The maximum Gasteiger partial charge on any atom is 0.296 e. The Hall–Kier alpha value is -3.74. The molecule has 0 aliphatic carbocycles. The van der Waals surface area contributed by atoms with Gasteiger partial charge in [-0.1, -0.05) is 42.5 Å². The van der Waals surface area contributed by atoms with E-state index in [1.165, 1.54) is 31.4 Å². The van der Waals surface area contributed by atoms with Gasteiger partial charge in [0.1, 0.15) is 26.9 Å². The van der Waals surface area contributed by atoms with E-state index in [0.29, 0.717) is 33.4 Å². The SMILES string of the molecule is COc1cc(N=Nc2cccc3c(S(=O)(=O)O)cccc23)c(C)cc1N=Nc1c(S(=O)(=O)O)cc2cc(Nc3ccccc3)ccc2c1O.[Na].[Na]. The van der Waals surface area contributed by atoms with Crippen LogP contribution in [-0.2, 0) is 20.2 Å². The van der Waals surface area contributed by atoms with E-state index in [-0.39, 0.29) is 86.2 Å². The number of aromatic hydroxyl groups is 1. The monoisotopic (exact) mass is 743 g/mol. The van der Waals surface area contributed by atoms with Crippen LogP contribution in [-0.4, -0.2) is 97.3 Å². The van der Waals surface area contributed by atoms with Gasteiger partial charge in [0.25, 0.3) is 20.2 Å². The number of hydrogen-bond acceptors (Lipinski definition) is 11. The molecule has 0 unspecified atom stereocenters. The normalized spacial score (nSPS) is 11.8. The van der Waals surface area contributed by atoms with E-state index >= 15 is 0 Å². The van der Waals surface area contributed by atoms with Gasteiger partial charge < -0.3 is 15.2 Å². The van der Waals surface area contributed by atoms with Gasteiger partial charge in [-0.3, -0.25) is 9.11 Å². The number of rotatable bonds is 9. The molecular weight excluding hydrogens is 717 g/mol. The van der Waals surface area contributed by atoms with Gasteiger partial charge >= 0.3 is 0 Å². The Kier molecular flexibility index (Phi) is 12.8. The van der Waals surface area contributed by atoms with Crippen LogP contribution in [0.2, 0.25) is 0 Å². The van der Waals surface area contributed by atoms with Crippen molar-refractivity contribution in [2.24, 2.45) is 20.5 Å². The summed E-state index contributed by atoms with van der Waals surface area (Å²) in [5.41, 5.74) is 2.38. The van der Waals surface area contributed by atoms with Crippen molar-refractivity contribution in [2.75, 3.05) is 12.4 Å². The van der Waals surface area contributed by atoms with E-state index in [4.69, 9.17) is 4.74 Å². The number of hydrogen-bond donors (Lipinski definition) is 4. The summed E-state index contributed by atoms with van der Waals surface area (Å²) in [5, 5.41) is 32.5. The van der Waals surface area contributed by atoms with E-state index in [2.05, 4.69) is 25.8 Å². The largest absolute Gasteiger partial charge is 0.505 e. The molecule has 0 aliphatic heterocycles. The molecule has 0 aromatic heterocycles. The molecule has 0 amide bonds. The molecule has 250 valence electrons. The molecule has 51 heavy (non-hydrogen) atoms. The number of nitrogens with one attached hydrogen (secondary N) is 1. The Bertz CT molecular complexity index is 2550. The van der Waals surface area contributed by atoms with E-state index in [1.54, 1.807) is 55.5 Å². The predicted octanol–water partition coefficient (Wildman–Crippen LogP) is 8.32. The second-order valence-corrected chi connectivity index (χ2v) is 13.6. The molecular formula is C34H27N5Na2O8S2. The number of benzene rings is 6. The van der Waals surface area contributed by atoms with Crippen LogP contribution in [0.25, 0.3) is 21.5 Å². The van der Waals surface area contributed by atoms with Crippen LogP contribution in [0.3, 0.4) is 0 Å². The summed E-state index contributed by atoms with van der Waals surface area (Å²) in [4.78, 5) is -0.902. The van der Waals surface area contributed by atoms with Crippen molar-refractivity contribution in [1.82, 2.24) is 0 Å². The molecule has 2 radical (unpaired) electrons. The van der Waals surface area contributed by atoms with E-state index in [1.807, 2.05) is 30.3 Å². The minimum atomic E-state index is -4.85. The van der Waals surface area contributed by atoms with Crippen LogP contribution in [0.1, 0.15) is 5.56 Å². The number of phenols is 1. The minimum Gasteiger partial charge on any atom is -0.505 e. The average molecular weight is 744 g/mol. The fourth-order valence-corrected chi connectivity index (χ4v) is 6.57. The molecule has 0 aliphatic rings. The number of methoxy groups -OCH3 is 1. The van der Waals surface area contributed by atoms with Crippen molar-refractivity contribution >= 4 is 135 Å². The number of phenolic OH excluding ortho intramolecular Hbond substituents is 1. The van der Waals surface area contributed by atoms with Crippen molar-refractivity contribution in [3.63, 3.8) is 0 Å². The second-order valence-electron chi connectivity index (χ2n) is 10.8. The molecule has 0 saturated carbocycles. The number of azo groups is 2. The molecule has 0 spiro atoms. The maximum atomic E-state index is 12.4. The number of anilines is 2. The van der Waals surface area contributed by atoms with Crippen molar-refractivity contribution in [3.05, 3.63) is 109 Å². The molecule has 6 rings (SSSR count). The summed E-state index contributed by atoms with van der Waals surface area (Å²) in [6.07, 6.45) is 0. The fraction of sp³-hybridized carbons (Fsp3) is 0.0588. The summed E-state index contributed by atoms with van der Waals surface area (Å²) in [7, 11) is -7.95. The number of ether oxygens (including phenoxy) is 1. The number of aryl methyl sites for hydroxylation is 1. The first-order valence-electron chi connectivity index (χ1n) is 14.4. The van der Waals surface area contributed by atoms with Gasteiger partial charge in [-0.05, 0) is 72.5 Å². The Balaban J connectivity index is 0.00000292. The zero-order valence-electron chi connectivity index (χ0n) is 27.8. The summed E-state index contributed by atoms with van der Waals surface area (Å²) in [5.74, 6) is -0.325. The van der Waals surface area contributed by atoms with Crippen LogP contribution in [0, 0.1) is 6.92 Å². The van der Waals surface area contributed by atoms with E-state index < -0.39 is 36.6 Å². The van der Waals surface area contributed by atoms with Gasteiger partial charge in [-0.2, -0.15) is 21.9 Å². The van der Waals surface area contributed by atoms with Gasteiger partial charge in [0.05, 0.1) is 18.5 Å². The Morgan fingerprint density at radius 1 is 0.608 bits per heavy atom. The Labute approximate surface area is 337 Å². The molecule has 0 saturated heterocycles. The molecule has 0 heterocycles. The summed E-state index contributed by atoms with van der Waals surface area (Å²) in [6, 6.07) is 27.7. The van der Waals surface area contributed by atoms with Crippen LogP contribution in [0.15, 0.2) is 133 Å². The maximum absolute atomic E-state index is 12.4. The zero-order valence-corrected chi connectivity index (χ0v) is 33.4. The molecule has 17 heteroatoms. The van der Waals surface area contributed by atoms with Crippen molar-refractivity contribution in [3.8, 4) is 11.5 Å². The smallest absolute Gasteiger partial charge is 0.296 e. The molecule has 0 bridgehead atoms. The van der Waals surface area contributed by atoms with E-state index in [9.17, 15) is 31.0 Å². The summed E-state index contributed by atoms with van der Waals surface area (Å²) >= 11 is 0. The number of para-hydroxylation sites is 1. The van der Waals surface area contributed by atoms with Crippen molar-refractivity contribution < 1.29 is 35.8 Å². The minimum absolute atomic E-state index is 0. The standard InChI is InChI=1S/C34H27N5O8S2.2Na/c1-20-16-29(30(47-2)19-28(20)37-36-27-12-6-11-26-25(27)10-7-13-31(26)48(41,42)43)38-39-33-32(49(44,45)46)18-21-17-23(14-15-24(21)34(33)40)35-22-8-4-3-5-9-22;;/h3-19,35,40H,1-2H3,(H,41,42,43)(H,44,45,46);;. The first kappa shape index (κ1) is 40.0. The first-order chi connectivity index (χ1) is 23.3. The Morgan fingerprint density at radius 2 is 1.25 bits per heavy atom. The third kappa shape index (κ3) is 8.84. The molecule has 0 atom stereocenters. The van der Waals surface area contributed by atoms with Gasteiger partial charge in [-0.15, -0.1) is 15.3 Å². The predicted molar refractivity (Wildman–Crippen MR) is 197 cm³/mol. The molecule has 6 aromatic carbocycles. The van der Waals surface area contributed by atoms with Crippen LogP contribution in [0.5, 0.6) is 11.5 Å². The average Bonchev–Trinajstić information content (AvgIpc) is 3.06. The van der Waals surface area contributed by atoms with Crippen LogP contribution < -0.4 is 10.1 Å². The van der Waals surface area contributed by atoms with Crippen molar-refractivity contribution in [2.45, 2.75) is 16.7 Å². The van der Waals surface area contributed by atoms with Gasteiger partial charge in [0.15, 0.2) is 5.75 Å². The summed E-state index contributed by atoms with van der Waals surface area (Å²) in [6.45, 7) is 1.71. The summed E-state index contributed by atoms with van der Waals surface area (Å²) < 4.78 is 73.7. The number of fused-ring (bicyclic) bond motifs is 2. The van der Waals surface area contributed by atoms with Gasteiger partial charge in [0, 0.05) is 92.7 Å². The third-order valence-electron chi connectivity index (χ3n) is 7.55. The quantitative estimate of drug-likeness (QED) is 0.0638. The topological polar surface area (TPSA) is 200 Å². The zero-order chi connectivity index (χ0) is 34.9. The van der Waals surface area contributed by atoms with Crippen LogP contribution in [0.4, 0.5) is 34.1 Å². The first-order valence-corrected chi connectivity index (χ1v) is 17.3. The molecule has 6 aromatic rings. The third-order valence-corrected chi connectivity index (χ3v) is 9.33. The van der Waals surface area contributed by atoms with Crippen molar-refractivity contribution in [1.29, 1.82) is 0 Å². The van der Waals surface area contributed by atoms with Gasteiger partial charge in [0.2, 0.25) is 0 Å². The molecule has 13 nitrogen and oxygen atoms in total. The fourth-order valence-electron chi connectivity index (χ4n) is 5.21. The molecule has 0 fully saturated rings. The van der Waals surface area contributed by atoms with E-state index in [0.717, 1.165) is 5.69 Å². The van der Waals surface area contributed by atoms with Crippen LogP contribution >= 0.6 is 0 Å².